The Bertz CT molecular complexity index is 885. The Morgan fingerprint density at radius 2 is 1.92 bits per heavy atom. The van der Waals surface area contributed by atoms with Gasteiger partial charge in [0.15, 0.2) is 0 Å². The summed E-state index contributed by atoms with van der Waals surface area (Å²) in [5.41, 5.74) is 4.72. The molecule has 0 atom stereocenters. The molecule has 2 aromatic carbocycles. The fourth-order valence-corrected chi connectivity index (χ4v) is 3.16. The normalized spacial score (nSPS) is 10.5. The molecule has 128 valence electrons. The van der Waals surface area contributed by atoms with Gasteiger partial charge in [-0.2, -0.15) is 0 Å². The van der Waals surface area contributed by atoms with Crippen molar-refractivity contribution in [2.45, 2.75) is 20.4 Å². The summed E-state index contributed by atoms with van der Waals surface area (Å²) in [6, 6.07) is 13.5. The van der Waals surface area contributed by atoms with Crippen LogP contribution in [0.15, 0.2) is 47.8 Å². The second-order valence-corrected chi connectivity index (χ2v) is 6.88. The van der Waals surface area contributed by atoms with E-state index in [2.05, 4.69) is 15.7 Å². The maximum Gasteiger partial charge on any atom is 0.251 e. The molecule has 3 rings (SSSR count). The van der Waals surface area contributed by atoms with Crippen LogP contribution < -0.4 is 10.1 Å². The number of carbonyl (C=O) groups is 1. The summed E-state index contributed by atoms with van der Waals surface area (Å²) in [5.74, 6) is 0.605. The van der Waals surface area contributed by atoms with E-state index in [0.717, 1.165) is 33.1 Å². The maximum absolute atomic E-state index is 12.3. The lowest BCUT2D eigenvalue weighted by Crippen LogP contribution is -2.22. The van der Waals surface area contributed by atoms with E-state index >= 15 is 0 Å². The van der Waals surface area contributed by atoms with Crippen LogP contribution >= 0.6 is 11.3 Å². The predicted octanol–water partition coefficient (Wildman–Crippen LogP) is 4.37. The molecule has 0 aliphatic rings. The van der Waals surface area contributed by atoms with E-state index < -0.39 is 0 Å². The molecule has 1 amide bonds. The van der Waals surface area contributed by atoms with E-state index in [-0.39, 0.29) is 5.91 Å². The van der Waals surface area contributed by atoms with E-state index in [4.69, 9.17) is 4.74 Å². The van der Waals surface area contributed by atoms with E-state index in [1.165, 1.54) is 0 Å². The van der Waals surface area contributed by atoms with Crippen molar-refractivity contribution in [3.63, 3.8) is 0 Å². The van der Waals surface area contributed by atoms with Crippen molar-refractivity contribution in [2.24, 2.45) is 0 Å². The van der Waals surface area contributed by atoms with Crippen molar-refractivity contribution < 1.29 is 9.53 Å². The monoisotopic (exact) mass is 352 g/mol. The second-order valence-electron chi connectivity index (χ2n) is 5.82. The summed E-state index contributed by atoms with van der Waals surface area (Å²) >= 11 is 1.64. The molecule has 1 heterocycles. The Morgan fingerprint density at radius 1 is 1.16 bits per heavy atom. The first-order valence-electron chi connectivity index (χ1n) is 8.01. The molecule has 0 aliphatic heterocycles. The molecule has 0 fully saturated rings. The van der Waals surface area contributed by atoms with Gasteiger partial charge in [-0.3, -0.25) is 4.79 Å². The summed E-state index contributed by atoms with van der Waals surface area (Å²) in [6.07, 6.45) is 0. The molecule has 25 heavy (non-hydrogen) atoms. The zero-order valence-corrected chi connectivity index (χ0v) is 15.3. The number of thiazole rings is 1. The number of aryl methyl sites for hydroxylation is 2. The minimum Gasteiger partial charge on any atom is -0.496 e. The van der Waals surface area contributed by atoms with Gasteiger partial charge in [-0.1, -0.05) is 30.3 Å². The molecule has 0 aliphatic carbocycles. The lowest BCUT2D eigenvalue weighted by molar-refractivity contribution is 0.0950. The van der Waals surface area contributed by atoms with Gasteiger partial charge < -0.3 is 10.1 Å². The Labute approximate surface area is 151 Å². The van der Waals surface area contributed by atoms with Gasteiger partial charge in [-0.25, -0.2) is 4.98 Å². The summed E-state index contributed by atoms with van der Waals surface area (Å²) in [7, 11) is 1.61. The summed E-state index contributed by atoms with van der Waals surface area (Å²) in [6.45, 7) is 4.43. The third-order valence-electron chi connectivity index (χ3n) is 3.99. The molecular weight excluding hydrogens is 332 g/mol. The van der Waals surface area contributed by atoms with Crippen molar-refractivity contribution in [2.75, 3.05) is 7.11 Å². The zero-order valence-electron chi connectivity index (χ0n) is 14.5. The van der Waals surface area contributed by atoms with E-state index in [0.29, 0.717) is 12.1 Å². The van der Waals surface area contributed by atoms with E-state index in [1.807, 2.05) is 44.2 Å². The average Bonchev–Trinajstić information content (AvgIpc) is 3.07. The first-order chi connectivity index (χ1) is 12.1. The lowest BCUT2D eigenvalue weighted by Gasteiger charge is -2.09. The van der Waals surface area contributed by atoms with Gasteiger partial charge in [-0.15, -0.1) is 11.3 Å². The molecule has 5 heteroatoms. The Balaban J connectivity index is 1.64. The Hall–Kier alpha value is -2.66. The van der Waals surface area contributed by atoms with Gasteiger partial charge in [0.1, 0.15) is 5.75 Å². The van der Waals surface area contributed by atoms with Crippen molar-refractivity contribution in [1.82, 2.24) is 10.3 Å². The fraction of sp³-hybridized carbons (Fsp3) is 0.200. The highest BCUT2D eigenvalue weighted by molar-refractivity contribution is 7.09. The molecule has 0 saturated heterocycles. The Kier molecular flexibility index (Phi) is 5.14. The topological polar surface area (TPSA) is 51.2 Å². The number of nitrogens with one attached hydrogen (secondary N) is 1. The molecule has 0 spiro atoms. The van der Waals surface area contributed by atoms with Crippen LogP contribution in [-0.2, 0) is 6.54 Å². The number of methoxy groups -OCH3 is 1. The van der Waals surface area contributed by atoms with Crippen LogP contribution in [-0.4, -0.2) is 18.0 Å². The number of ether oxygens (including phenoxy) is 1. The number of rotatable bonds is 5. The van der Waals surface area contributed by atoms with Crippen molar-refractivity contribution in [3.8, 4) is 17.0 Å². The average molecular weight is 352 g/mol. The minimum absolute atomic E-state index is 0.113. The number of aromatic nitrogens is 1. The molecule has 1 aromatic heterocycles. The summed E-state index contributed by atoms with van der Waals surface area (Å²) in [5, 5.41) is 6.05. The van der Waals surface area contributed by atoms with Crippen LogP contribution in [0.3, 0.4) is 0 Å². The van der Waals surface area contributed by atoms with Crippen LogP contribution in [0.4, 0.5) is 0 Å². The molecule has 0 radical (unpaired) electrons. The van der Waals surface area contributed by atoms with Gasteiger partial charge >= 0.3 is 0 Å². The third kappa shape index (κ3) is 4.06. The van der Waals surface area contributed by atoms with Gasteiger partial charge in [0.25, 0.3) is 5.91 Å². The largest absolute Gasteiger partial charge is 0.496 e. The number of nitrogens with zero attached hydrogens (tertiary/aromatic N) is 1. The van der Waals surface area contributed by atoms with E-state index in [1.54, 1.807) is 30.6 Å². The SMILES string of the molecule is COc1cc(C(=O)NCc2ccc(-c3csc(C)n3)cc2)ccc1C. The number of benzene rings is 2. The molecule has 0 bridgehead atoms. The van der Waals surface area contributed by atoms with E-state index in [9.17, 15) is 4.79 Å². The highest BCUT2D eigenvalue weighted by Crippen LogP contribution is 2.22. The first kappa shape index (κ1) is 17.2. The molecule has 0 saturated carbocycles. The van der Waals surface area contributed by atoms with Crippen molar-refractivity contribution >= 4 is 17.2 Å². The summed E-state index contributed by atoms with van der Waals surface area (Å²) in [4.78, 5) is 16.8. The number of hydrogen-bond donors (Lipinski definition) is 1. The van der Waals surface area contributed by atoms with Crippen molar-refractivity contribution in [1.29, 1.82) is 0 Å². The highest BCUT2D eigenvalue weighted by Gasteiger charge is 2.08. The Morgan fingerprint density at radius 3 is 2.56 bits per heavy atom. The predicted molar refractivity (Wildman–Crippen MR) is 101 cm³/mol. The first-order valence-corrected chi connectivity index (χ1v) is 8.89. The molecule has 0 unspecified atom stereocenters. The van der Waals surface area contributed by atoms with Crippen LogP contribution in [0.1, 0.15) is 26.5 Å². The fourth-order valence-electron chi connectivity index (χ4n) is 2.54. The second kappa shape index (κ2) is 7.49. The maximum atomic E-state index is 12.3. The van der Waals surface area contributed by atoms with Gasteiger partial charge in [0.2, 0.25) is 0 Å². The van der Waals surface area contributed by atoms with Crippen LogP contribution in [0, 0.1) is 13.8 Å². The standard InChI is InChI=1S/C20H20N2O2S/c1-13-4-7-17(10-19(13)24-3)20(23)21-11-15-5-8-16(9-6-15)18-12-25-14(2)22-18/h4-10,12H,11H2,1-3H3,(H,21,23). The molecule has 3 aromatic rings. The summed E-state index contributed by atoms with van der Waals surface area (Å²) < 4.78 is 5.27. The number of amides is 1. The molecule has 4 nitrogen and oxygen atoms in total. The lowest BCUT2D eigenvalue weighted by atomic mass is 10.1. The van der Waals surface area contributed by atoms with Gasteiger partial charge in [0, 0.05) is 23.1 Å². The molecular formula is C20H20N2O2S. The zero-order chi connectivity index (χ0) is 17.8. The third-order valence-corrected chi connectivity index (χ3v) is 4.77. The molecule has 1 N–H and O–H groups in total. The smallest absolute Gasteiger partial charge is 0.251 e. The van der Waals surface area contributed by atoms with Gasteiger partial charge in [-0.05, 0) is 37.1 Å². The van der Waals surface area contributed by atoms with Crippen LogP contribution in [0.25, 0.3) is 11.3 Å². The van der Waals surface area contributed by atoms with Gasteiger partial charge in [0.05, 0.1) is 17.8 Å². The number of carbonyl (C=O) groups excluding carboxylic acids is 1. The van der Waals surface area contributed by atoms with Crippen molar-refractivity contribution in [3.05, 3.63) is 69.5 Å². The number of hydrogen-bond acceptors (Lipinski definition) is 4. The van der Waals surface area contributed by atoms with Crippen LogP contribution in [0.2, 0.25) is 0 Å². The minimum atomic E-state index is -0.113. The highest BCUT2D eigenvalue weighted by atomic mass is 32.1. The van der Waals surface area contributed by atoms with Crippen LogP contribution in [0.5, 0.6) is 5.75 Å². The quantitative estimate of drug-likeness (QED) is 0.742.